The fourth-order valence-corrected chi connectivity index (χ4v) is 5.23. The minimum absolute atomic E-state index is 0.0361. The summed E-state index contributed by atoms with van der Waals surface area (Å²) >= 11 is 0. The van der Waals surface area contributed by atoms with Crippen LogP contribution in [-0.2, 0) is 22.7 Å². The molecule has 2 amide bonds. The second-order valence-corrected chi connectivity index (χ2v) is 9.17. The minimum atomic E-state index is -4.75. The number of hydrogen-bond acceptors (Lipinski definition) is 7. The number of aliphatic hydroxyl groups is 1. The van der Waals surface area contributed by atoms with E-state index in [0.29, 0.717) is 31.2 Å². The first-order valence-electron chi connectivity index (χ1n) is 11.0. The molecule has 2 unspecified atom stereocenters. The number of ether oxygens (including phenoxy) is 1. The van der Waals surface area contributed by atoms with Gasteiger partial charge < -0.3 is 14.3 Å². The number of hydrogen-bond donors (Lipinski definition) is 1. The number of fused-ring (bicyclic) bond motifs is 2. The van der Waals surface area contributed by atoms with E-state index in [0.717, 1.165) is 5.56 Å². The van der Waals surface area contributed by atoms with Crippen molar-refractivity contribution in [1.29, 1.82) is 0 Å². The predicted octanol–water partition coefficient (Wildman–Crippen LogP) is 2.05. The highest BCUT2D eigenvalue weighted by Gasteiger charge is 2.64. The molecule has 3 aliphatic heterocycles. The third-order valence-electron chi connectivity index (χ3n) is 6.67. The van der Waals surface area contributed by atoms with Crippen molar-refractivity contribution >= 4 is 11.8 Å². The molecule has 2 atom stereocenters. The van der Waals surface area contributed by atoms with Crippen LogP contribution in [0.2, 0.25) is 0 Å². The first-order valence-corrected chi connectivity index (χ1v) is 11.0. The Bertz CT molecular complexity index is 1090. The van der Waals surface area contributed by atoms with Crippen molar-refractivity contribution in [2.45, 2.75) is 50.5 Å². The van der Waals surface area contributed by atoms with E-state index < -0.39 is 24.0 Å². The van der Waals surface area contributed by atoms with Gasteiger partial charge in [0.25, 0.3) is 5.91 Å². The number of aliphatic hydroxyl groups excluding tert-OH is 1. The van der Waals surface area contributed by atoms with E-state index in [1.54, 1.807) is 31.2 Å². The van der Waals surface area contributed by atoms with Crippen LogP contribution >= 0.6 is 0 Å². The lowest BCUT2D eigenvalue weighted by Gasteiger charge is -2.58. The zero-order valence-corrected chi connectivity index (χ0v) is 18.4. The van der Waals surface area contributed by atoms with Gasteiger partial charge in [0, 0.05) is 26.2 Å². The fourth-order valence-electron chi connectivity index (χ4n) is 5.23. The summed E-state index contributed by atoms with van der Waals surface area (Å²) in [7, 11) is 0. The summed E-state index contributed by atoms with van der Waals surface area (Å²) in [5.41, 5.74) is -0.165. The van der Waals surface area contributed by atoms with Gasteiger partial charge in [-0.1, -0.05) is 12.1 Å². The molecule has 0 saturated carbocycles. The predicted molar refractivity (Wildman–Crippen MR) is 111 cm³/mol. The lowest BCUT2D eigenvalue weighted by molar-refractivity contribution is -0.274. The van der Waals surface area contributed by atoms with Crippen LogP contribution in [0.1, 0.15) is 23.5 Å². The van der Waals surface area contributed by atoms with Crippen molar-refractivity contribution in [1.82, 2.24) is 14.7 Å². The number of carbonyl (C=O) groups excluding carboxylic acids is 2. The Morgan fingerprint density at radius 2 is 1.82 bits per heavy atom. The number of aryl methyl sites for hydroxylation is 1. The zero-order chi connectivity index (χ0) is 24.3. The van der Waals surface area contributed by atoms with Crippen LogP contribution in [-0.4, -0.2) is 75.3 Å². The summed E-state index contributed by atoms with van der Waals surface area (Å²) in [6.07, 6.45) is -5.18. The third kappa shape index (κ3) is 4.08. The smallest absolute Gasteiger partial charge is 0.464 e. The molecule has 11 heteroatoms. The van der Waals surface area contributed by atoms with Gasteiger partial charge in [-0.25, -0.2) is 0 Å². The quantitative estimate of drug-likeness (QED) is 0.657. The van der Waals surface area contributed by atoms with Gasteiger partial charge in [0.05, 0.1) is 18.7 Å². The van der Waals surface area contributed by atoms with E-state index in [1.165, 1.54) is 17.0 Å². The SMILES string of the molecule is Cc1ccc(CN2C(=O)C3CC(O)CN3C3(CN(Cc4ccc(OC(F)(F)F)cc4)C3)C2=O)o1. The number of nitrogens with zero attached hydrogens (tertiary/aromatic N) is 3. The van der Waals surface area contributed by atoms with Gasteiger partial charge in [-0.15, -0.1) is 13.2 Å². The number of rotatable bonds is 5. The Morgan fingerprint density at radius 3 is 2.44 bits per heavy atom. The molecular formula is C23H24F3N3O5. The average Bonchev–Trinajstić information content (AvgIpc) is 3.32. The van der Waals surface area contributed by atoms with Crippen LogP contribution in [0, 0.1) is 6.92 Å². The first kappa shape index (κ1) is 22.9. The molecule has 1 aromatic carbocycles. The maximum Gasteiger partial charge on any atom is 0.573 e. The molecule has 3 aliphatic rings. The summed E-state index contributed by atoms with van der Waals surface area (Å²) in [6.45, 7) is 3.17. The maximum absolute atomic E-state index is 13.6. The largest absolute Gasteiger partial charge is 0.573 e. The molecule has 4 heterocycles. The highest BCUT2D eigenvalue weighted by Crippen LogP contribution is 2.41. The van der Waals surface area contributed by atoms with E-state index in [-0.39, 0.29) is 37.1 Å². The molecule has 3 saturated heterocycles. The molecule has 0 bridgehead atoms. The minimum Gasteiger partial charge on any atom is -0.464 e. The Morgan fingerprint density at radius 1 is 1.12 bits per heavy atom. The van der Waals surface area contributed by atoms with E-state index in [2.05, 4.69) is 4.74 Å². The number of β-amino-alcohol motifs (C(OH)–C–C–N with tert-alkyl or cyclic N) is 1. The number of furan rings is 1. The summed E-state index contributed by atoms with van der Waals surface area (Å²) in [5.74, 6) is 0.247. The van der Waals surface area contributed by atoms with Gasteiger partial charge in [0.15, 0.2) is 0 Å². The molecular weight excluding hydrogens is 455 g/mol. The van der Waals surface area contributed by atoms with Crippen LogP contribution in [0.15, 0.2) is 40.8 Å². The van der Waals surface area contributed by atoms with Crippen molar-refractivity contribution in [3.63, 3.8) is 0 Å². The number of alkyl halides is 3. The maximum atomic E-state index is 13.6. The number of likely N-dealkylation sites (tertiary alicyclic amines) is 1. The average molecular weight is 479 g/mol. The molecule has 3 fully saturated rings. The molecule has 182 valence electrons. The number of benzene rings is 1. The Hall–Kier alpha value is -2.89. The number of halogens is 3. The van der Waals surface area contributed by atoms with Gasteiger partial charge in [-0.2, -0.15) is 0 Å². The fraction of sp³-hybridized carbons (Fsp3) is 0.478. The second-order valence-electron chi connectivity index (χ2n) is 9.17. The highest BCUT2D eigenvalue weighted by atomic mass is 19.4. The monoisotopic (exact) mass is 479 g/mol. The summed E-state index contributed by atoms with van der Waals surface area (Å²) < 4.78 is 46.6. The Labute approximate surface area is 193 Å². The lowest BCUT2D eigenvalue weighted by Crippen LogP contribution is -2.81. The molecule has 1 aromatic heterocycles. The number of amides is 2. The second kappa shape index (κ2) is 8.10. The third-order valence-corrected chi connectivity index (χ3v) is 6.67. The van der Waals surface area contributed by atoms with Gasteiger partial charge in [-0.05, 0) is 43.2 Å². The molecule has 1 spiro atoms. The van der Waals surface area contributed by atoms with Crippen molar-refractivity contribution in [3.8, 4) is 5.75 Å². The highest BCUT2D eigenvalue weighted by molar-refractivity contribution is 6.06. The van der Waals surface area contributed by atoms with Gasteiger partial charge in [-0.3, -0.25) is 24.3 Å². The molecule has 5 rings (SSSR count). The first-order chi connectivity index (χ1) is 16.0. The number of imide groups is 1. The van der Waals surface area contributed by atoms with Gasteiger partial charge in [0.2, 0.25) is 5.91 Å². The molecule has 1 N–H and O–H groups in total. The van der Waals surface area contributed by atoms with E-state index in [9.17, 15) is 27.9 Å². The molecule has 0 radical (unpaired) electrons. The van der Waals surface area contributed by atoms with Crippen LogP contribution in [0.3, 0.4) is 0 Å². The van der Waals surface area contributed by atoms with Crippen LogP contribution < -0.4 is 4.74 Å². The molecule has 0 aliphatic carbocycles. The van der Waals surface area contributed by atoms with Crippen molar-refractivity contribution < 1.29 is 37.0 Å². The normalized spacial score (nSPS) is 25.0. The number of carbonyl (C=O) groups is 2. The number of piperazine rings is 1. The van der Waals surface area contributed by atoms with Crippen LogP contribution in [0.5, 0.6) is 5.75 Å². The van der Waals surface area contributed by atoms with E-state index >= 15 is 0 Å². The van der Waals surface area contributed by atoms with Gasteiger partial charge >= 0.3 is 6.36 Å². The van der Waals surface area contributed by atoms with Crippen molar-refractivity contribution in [2.24, 2.45) is 0 Å². The molecule has 34 heavy (non-hydrogen) atoms. The van der Waals surface area contributed by atoms with Crippen LogP contribution in [0.4, 0.5) is 13.2 Å². The van der Waals surface area contributed by atoms with Crippen LogP contribution in [0.25, 0.3) is 0 Å². The molecule has 2 aromatic rings. The Balaban J connectivity index is 1.31. The topological polar surface area (TPSA) is 86.5 Å². The lowest BCUT2D eigenvalue weighted by atomic mass is 9.82. The van der Waals surface area contributed by atoms with Gasteiger partial charge in [0.1, 0.15) is 22.8 Å². The van der Waals surface area contributed by atoms with Crippen molar-refractivity contribution in [2.75, 3.05) is 19.6 Å². The van der Waals surface area contributed by atoms with E-state index in [4.69, 9.17) is 4.42 Å². The molecule has 8 nitrogen and oxygen atoms in total. The summed E-state index contributed by atoms with van der Waals surface area (Å²) in [6, 6.07) is 8.53. The summed E-state index contributed by atoms with van der Waals surface area (Å²) in [4.78, 5) is 31.7. The van der Waals surface area contributed by atoms with Crippen molar-refractivity contribution in [3.05, 3.63) is 53.5 Å². The summed E-state index contributed by atoms with van der Waals surface area (Å²) in [5, 5.41) is 10.3. The van der Waals surface area contributed by atoms with E-state index in [1.807, 2.05) is 9.80 Å². The Kier molecular flexibility index (Phi) is 5.45. The zero-order valence-electron chi connectivity index (χ0n) is 18.4. The standard InChI is InChI=1S/C23H24F3N3O5/c1-14-2-5-18(33-14)11-28-20(31)19-8-16(30)10-29(19)22(21(28)32)12-27(13-22)9-15-3-6-17(7-4-15)34-23(24,25)26/h2-7,16,19,30H,8-13H2,1H3.